The summed E-state index contributed by atoms with van der Waals surface area (Å²) in [6.45, 7) is 8.49. The van der Waals surface area contributed by atoms with Gasteiger partial charge in [0.1, 0.15) is 12.4 Å². The molecule has 0 N–H and O–H groups in total. The molecule has 3 aromatic rings. The zero-order valence-electron chi connectivity index (χ0n) is 22.1. The number of anilines is 1. The Bertz CT molecular complexity index is 1200. The number of fused-ring (bicyclic) bond motifs is 1. The number of benzene rings is 2. The molecule has 196 valence electrons. The number of aromatic nitrogens is 2. The van der Waals surface area contributed by atoms with Gasteiger partial charge in [0.25, 0.3) is 0 Å². The maximum absolute atomic E-state index is 12.7. The second kappa shape index (κ2) is 13.1. The van der Waals surface area contributed by atoms with Gasteiger partial charge in [0, 0.05) is 49.3 Å². The van der Waals surface area contributed by atoms with Crippen LogP contribution in [-0.4, -0.2) is 49.2 Å². The fourth-order valence-corrected chi connectivity index (χ4v) is 4.46. The molecule has 2 heterocycles. The van der Waals surface area contributed by atoms with Crippen molar-refractivity contribution in [2.45, 2.75) is 46.2 Å². The number of nitrogens with zero attached hydrogens (tertiary/aromatic N) is 3. The number of carbonyl (C=O) groups excluding carboxylic acids is 1. The van der Waals surface area contributed by atoms with E-state index in [0.717, 1.165) is 79.2 Å². The Morgan fingerprint density at radius 1 is 1.03 bits per heavy atom. The van der Waals surface area contributed by atoms with E-state index < -0.39 is 0 Å². The Balaban J connectivity index is 1.54. The first kappa shape index (κ1) is 26.5. The minimum absolute atomic E-state index is 0.316. The Hall–Kier alpha value is -3.58. The van der Waals surface area contributed by atoms with Crippen LogP contribution in [0.5, 0.6) is 5.75 Å². The molecule has 1 aromatic heterocycles. The average Bonchev–Trinajstić information content (AvgIpc) is 3.32. The van der Waals surface area contributed by atoms with Crippen molar-refractivity contribution in [1.29, 1.82) is 0 Å². The maximum Gasteiger partial charge on any atom is 0.338 e. The predicted molar refractivity (Wildman–Crippen MR) is 147 cm³/mol. The van der Waals surface area contributed by atoms with E-state index in [-0.39, 0.29) is 5.97 Å². The Labute approximate surface area is 219 Å². The van der Waals surface area contributed by atoms with Crippen LogP contribution in [0.3, 0.4) is 0 Å². The van der Waals surface area contributed by atoms with E-state index in [4.69, 9.17) is 14.2 Å². The molecule has 0 amide bonds. The maximum atomic E-state index is 12.7. The highest BCUT2D eigenvalue weighted by molar-refractivity contribution is 6.18. The van der Waals surface area contributed by atoms with E-state index in [1.807, 2.05) is 41.2 Å². The van der Waals surface area contributed by atoms with Crippen molar-refractivity contribution in [1.82, 2.24) is 9.78 Å². The van der Waals surface area contributed by atoms with E-state index in [1.165, 1.54) is 7.11 Å². The van der Waals surface area contributed by atoms with Crippen LogP contribution in [0.4, 0.5) is 5.69 Å². The van der Waals surface area contributed by atoms with Gasteiger partial charge >= 0.3 is 5.97 Å². The van der Waals surface area contributed by atoms with Crippen molar-refractivity contribution in [3.05, 3.63) is 72.1 Å². The first-order valence-corrected chi connectivity index (χ1v) is 13.1. The van der Waals surface area contributed by atoms with Crippen LogP contribution in [0.25, 0.3) is 16.7 Å². The van der Waals surface area contributed by atoms with Crippen molar-refractivity contribution < 1.29 is 19.0 Å². The lowest BCUT2D eigenvalue weighted by Crippen LogP contribution is -2.23. The van der Waals surface area contributed by atoms with Gasteiger partial charge in [-0.15, -0.1) is 0 Å². The second-order valence-electron chi connectivity index (χ2n) is 9.09. The lowest BCUT2D eigenvalue weighted by Gasteiger charge is -2.25. The third kappa shape index (κ3) is 6.80. The molecule has 1 aliphatic rings. The Kier molecular flexibility index (Phi) is 9.38. The van der Waals surface area contributed by atoms with Crippen molar-refractivity contribution in [3.63, 3.8) is 0 Å². The molecule has 0 fully saturated rings. The highest BCUT2D eigenvalue weighted by Gasteiger charge is 2.23. The van der Waals surface area contributed by atoms with Gasteiger partial charge in [0.05, 0.1) is 25.5 Å². The van der Waals surface area contributed by atoms with Gasteiger partial charge in [-0.1, -0.05) is 37.6 Å². The predicted octanol–water partition coefficient (Wildman–Crippen LogP) is 5.73. The molecule has 0 saturated heterocycles. The van der Waals surface area contributed by atoms with Gasteiger partial charge < -0.3 is 19.1 Å². The van der Waals surface area contributed by atoms with Gasteiger partial charge in [-0.25, -0.2) is 4.79 Å². The zero-order valence-corrected chi connectivity index (χ0v) is 22.1. The van der Waals surface area contributed by atoms with Crippen molar-refractivity contribution >= 4 is 17.2 Å². The smallest absolute Gasteiger partial charge is 0.338 e. The summed E-state index contributed by atoms with van der Waals surface area (Å²) >= 11 is 0. The topological polar surface area (TPSA) is 65.8 Å². The number of hydrogen-bond donors (Lipinski definition) is 0. The lowest BCUT2D eigenvalue weighted by molar-refractivity contribution is -0.133. The number of methoxy groups -OCH3 is 1. The largest absolute Gasteiger partial charge is 0.491 e. The molecule has 0 saturated carbocycles. The van der Waals surface area contributed by atoms with Gasteiger partial charge in [0.15, 0.2) is 0 Å². The van der Waals surface area contributed by atoms with Crippen LogP contribution in [0, 0.1) is 0 Å². The summed E-state index contributed by atoms with van der Waals surface area (Å²) in [4.78, 5) is 15.0. The van der Waals surface area contributed by atoms with Crippen LogP contribution in [0.1, 0.15) is 44.2 Å². The molecular weight excluding hydrogens is 466 g/mol. The number of unbranched alkanes of at least 4 members (excludes halogenated alkanes) is 1. The minimum atomic E-state index is -0.316. The standard InChI is InChI=1S/C30H37N3O4/c1-4-6-16-36-17-18-37-26-12-9-24(10-13-26)25-11-14-29-28(19-25)27(30(34)35-3)8-7-15-32(29)21-23-20-31-33(5-2)22-23/h8-14,19-20,22H,4-7,15-18,21H2,1-3H3. The minimum Gasteiger partial charge on any atom is -0.491 e. The molecule has 0 spiro atoms. The molecule has 0 aliphatic carbocycles. The quantitative estimate of drug-likeness (QED) is 0.232. The highest BCUT2D eigenvalue weighted by Crippen LogP contribution is 2.36. The number of carbonyl (C=O) groups is 1. The van der Waals surface area contributed by atoms with Gasteiger partial charge in [-0.3, -0.25) is 4.68 Å². The molecule has 1 aliphatic heterocycles. The molecule has 0 radical (unpaired) electrons. The summed E-state index contributed by atoms with van der Waals surface area (Å²) in [6, 6.07) is 14.3. The first-order valence-electron chi connectivity index (χ1n) is 13.1. The van der Waals surface area contributed by atoms with Crippen LogP contribution in [-0.2, 0) is 27.4 Å². The fraction of sp³-hybridized carbons (Fsp3) is 0.400. The summed E-state index contributed by atoms with van der Waals surface area (Å²) < 4.78 is 18.5. The SMILES string of the molecule is CCCCOCCOc1ccc(-c2ccc3c(c2)C(C(=O)OC)=CCCN3Cc2cnn(CC)c2)cc1. The molecule has 0 unspecified atom stereocenters. The molecule has 7 heteroatoms. The molecule has 2 aromatic carbocycles. The fourth-order valence-electron chi connectivity index (χ4n) is 4.46. The van der Waals surface area contributed by atoms with Crippen LogP contribution >= 0.6 is 0 Å². The van der Waals surface area contributed by atoms with E-state index in [9.17, 15) is 4.79 Å². The zero-order chi connectivity index (χ0) is 26.0. The number of esters is 1. The monoisotopic (exact) mass is 503 g/mol. The second-order valence-corrected chi connectivity index (χ2v) is 9.09. The van der Waals surface area contributed by atoms with Crippen LogP contribution in [0.2, 0.25) is 0 Å². The first-order chi connectivity index (χ1) is 18.1. The highest BCUT2D eigenvalue weighted by atomic mass is 16.5. The molecule has 0 bridgehead atoms. The van der Waals surface area contributed by atoms with Crippen LogP contribution < -0.4 is 9.64 Å². The Morgan fingerprint density at radius 3 is 2.57 bits per heavy atom. The summed E-state index contributed by atoms with van der Waals surface area (Å²) in [5.41, 5.74) is 5.74. The van der Waals surface area contributed by atoms with E-state index >= 15 is 0 Å². The molecule has 7 nitrogen and oxygen atoms in total. The third-order valence-electron chi connectivity index (χ3n) is 6.49. The molecule has 4 rings (SSSR count). The van der Waals surface area contributed by atoms with Crippen LogP contribution in [0.15, 0.2) is 60.9 Å². The van der Waals surface area contributed by atoms with Gasteiger partial charge in [0.2, 0.25) is 0 Å². The van der Waals surface area contributed by atoms with Crippen molar-refractivity contribution in [3.8, 4) is 16.9 Å². The molecular formula is C30H37N3O4. The number of rotatable bonds is 12. The summed E-state index contributed by atoms with van der Waals surface area (Å²) in [7, 11) is 1.43. The van der Waals surface area contributed by atoms with Crippen molar-refractivity contribution in [2.24, 2.45) is 0 Å². The molecule has 0 atom stereocenters. The summed E-state index contributed by atoms with van der Waals surface area (Å²) in [6.07, 6.45) is 8.94. The van der Waals surface area contributed by atoms with Gasteiger partial charge in [-0.2, -0.15) is 5.10 Å². The summed E-state index contributed by atoms with van der Waals surface area (Å²) in [5, 5.41) is 4.42. The number of hydrogen-bond acceptors (Lipinski definition) is 6. The van der Waals surface area contributed by atoms with E-state index in [1.54, 1.807) is 0 Å². The third-order valence-corrected chi connectivity index (χ3v) is 6.49. The van der Waals surface area contributed by atoms with E-state index in [2.05, 4.69) is 48.2 Å². The van der Waals surface area contributed by atoms with Gasteiger partial charge in [-0.05, 0) is 55.2 Å². The average molecular weight is 504 g/mol. The normalized spacial score (nSPS) is 13.1. The van der Waals surface area contributed by atoms with E-state index in [0.29, 0.717) is 18.8 Å². The van der Waals surface area contributed by atoms with Crippen molar-refractivity contribution in [2.75, 3.05) is 38.4 Å². The summed E-state index contributed by atoms with van der Waals surface area (Å²) in [5.74, 6) is 0.496. The Morgan fingerprint density at radius 2 is 1.84 bits per heavy atom. The molecule has 37 heavy (non-hydrogen) atoms. The number of aryl methyl sites for hydroxylation is 1. The number of ether oxygens (including phenoxy) is 3. The lowest BCUT2D eigenvalue weighted by atomic mass is 9.97.